The summed E-state index contributed by atoms with van der Waals surface area (Å²) in [7, 11) is 0. The number of rotatable bonds is 1. The zero-order valence-electron chi connectivity index (χ0n) is 9.59. The van der Waals surface area contributed by atoms with Crippen LogP contribution in [0.4, 0.5) is 13.2 Å². The molecule has 0 amide bonds. The SMILES string of the molecule is FC(F)(F)c1cc(-c2cccnc2)cn2ccnc12. The Labute approximate surface area is 106 Å². The zero-order chi connectivity index (χ0) is 13.5. The molecule has 0 N–H and O–H groups in total. The van der Waals surface area contributed by atoms with Crippen LogP contribution in [0.25, 0.3) is 16.8 Å². The lowest BCUT2D eigenvalue weighted by atomic mass is 10.1. The molecule has 0 aliphatic heterocycles. The first-order valence-corrected chi connectivity index (χ1v) is 5.50. The van der Waals surface area contributed by atoms with E-state index in [1.807, 2.05) is 0 Å². The van der Waals surface area contributed by atoms with Crippen molar-refractivity contribution >= 4 is 5.65 Å². The third kappa shape index (κ3) is 2.05. The Morgan fingerprint density at radius 1 is 1.11 bits per heavy atom. The Morgan fingerprint density at radius 2 is 1.95 bits per heavy atom. The summed E-state index contributed by atoms with van der Waals surface area (Å²) in [5.74, 6) is 0. The Hall–Kier alpha value is -2.37. The van der Waals surface area contributed by atoms with Crippen LogP contribution in [-0.4, -0.2) is 14.4 Å². The Kier molecular flexibility index (Phi) is 2.51. The van der Waals surface area contributed by atoms with Crippen LogP contribution in [0, 0.1) is 0 Å². The van der Waals surface area contributed by atoms with Gasteiger partial charge in [0.2, 0.25) is 0 Å². The van der Waals surface area contributed by atoms with Gasteiger partial charge in [-0.1, -0.05) is 6.07 Å². The normalized spacial score (nSPS) is 11.9. The lowest BCUT2D eigenvalue weighted by molar-refractivity contribution is -0.136. The van der Waals surface area contributed by atoms with Crippen molar-refractivity contribution in [3.8, 4) is 11.1 Å². The molecular weight excluding hydrogens is 255 g/mol. The maximum absolute atomic E-state index is 13.0. The summed E-state index contributed by atoms with van der Waals surface area (Å²) in [6, 6.07) is 4.49. The lowest BCUT2D eigenvalue weighted by Gasteiger charge is -2.11. The van der Waals surface area contributed by atoms with Crippen molar-refractivity contribution in [3.05, 3.63) is 54.7 Å². The average molecular weight is 263 g/mol. The fourth-order valence-electron chi connectivity index (χ4n) is 1.93. The van der Waals surface area contributed by atoms with E-state index in [1.54, 1.807) is 24.5 Å². The molecule has 3 nitrogen and oxygen atoms in total. The number of alkyl halides is 3. The summed E-state index contributed by atoms with van der Waals surface area (Å²) in [6.45, 7) is 0. The number of hydrogen-bond donors (Lipinski definition) is 0. The summed E-state index contributed by atoms with van der Waals surface area (Å²) in [5.41, 5.74) is 0.230. The van der Waals surface area contributed by atoms with Gasteiger partial charge in [0, 0.05) is 42.1 Å². The van der Waals surface area contributed by atoms with E-state index < -0.39 is 11.7 Å². The number of aromatic nitrogens is 3. The van der Waals surface area contributed by atoms with Crippen LogP contribution in [0.5, 0.6) is 0 Å². The van der Waals surface area contributed by atoms with Gasteiger partial charge < -0.3 is 4.40 Å². The third-order valence-corrected chi connectivity index (χ3v) is 2.79. The molecule has 0 unspecified atom stereocenters. The predicted molar refractivity (Wildman–Crippen MR) is 63.4 cm³/mol. The van der Waals surface area contributed by atoms with Crippen LogP contribution in [0.2, 0.25) is 0 Å². The molecule has 0 aliphatic carbocycles. The van der Waals surface area contributed by atoms with Crippen molar-refractivity contribution in [1.82, 2.24) is 14.4 Å². The Morgan fingerprint density at radius 3 is 2.63 bits per heavy atom. The van der Waals surface area contributed by atoms with Crippen LogP contribution in [0.1, 0.15) is 5.56 Å². The highest BCUT2D eigenvalue weighted by Crippen LogP contribution is 2.34. The molecule has 0 spiro atoms. The van der Waals surface area contributed by atoms with Crippen LogP contribution in [-0.2, 0) is 6.18 Å². The number of fused-ring (bicyclic) bond motifs is 1. The van der Waals surface area contributed by atoms with Gasteiger partial charge in [0.25, 0.3) is 0 Å². The monoisotopic (exact) mass is 263 g/mol. The van der Waals surface area contributed by atoms with Crippen molar-refractivity contribution in [2.45, 2.75) is 6.18 Å². The molecule has 0 fully saturated rings. The summed E-state index contributed by atoms with van der Waals surface area (Å²) in [4.78, 5) is 7.66. The van der Waals surface area contributed by atoms with Crippen LogP contribution in [0.3, 0.4) is 0 Å². The molecule has 3 heterocycles. The van der Waals surface area contributed by atoms with Crippen molar-refractivity contribution in [2.75, 3.05) is 0 Å². The fourth-order valence-corrected chi connectivity index (χ4v) is 1.93. The van der Waals surface area contributed by atoms with E-state index in [9.17, 15) is 13.2 Å². The predicted octanol–water partition coefficient (Wildman–Crippen LogP) is 3.42. The zero-order valence-corrected chi connectivity index (χ0v) is 9.59. The number of pyridine rings is 2. The minimum absolute atomic E-state index is 0.0971. The number of imidazole rings is 1. The summed E-state index contributed by atoms with van der Waals surface area (Å²) >= 11 is 0. The molecule has 0 bridgehead atoms. The summed E-state index contributed by atoms with van der Waals surface area (Å²) < 4.78 is 40.4. The van der Waals surface area contributed by atoms with E-state index in [4.69, 9.17) is 0 Å². The Bertz CT molecular complexity index is 717. The van der Waals surface area contributed by atoms with Gasteiger partial charge in [-0.05, 0) is 12.1 Å². The van der Waals surface area contributed by atoms with Gasteiger partial charge in [-0.2, -0.15) is 13.2 Å². The minimum Gasteiger partial charge on any atom is -0.306 e. The average Bonchev–Trinajstić information content (AvgIpc) is 2.85. The van der Waals surface area contributed by atoms with E-state index in [2.05, 4.69) is 9.97 Å². The first-order valence-electron chi connectivity index (χ1n) is 5.50. The van der Waals surface area contributed by atoms with E-state index in [-0.39, 0.29) is 5.65 Å². The lowest BCUT2D eigenvalue weighted by Crippen LogP contribution is -2.08. The van der Waals surface area contributed by atoms with Crippen molar-refractivity contribution in [3.63, 3.8) is 0 Å². The molecule has 6 heteroatoms. The molecule has 0 atom stereocenters. The maximum atomic E-state index is 13.0. The highest BCUT2D eigenvalue weighted by Gasteiger charge is 2.34. The first kappa shape index (κ1) is 11.7. The van der Waals surface area contributed by atoms with E-state index in [0.29, 0.717) is 11.1 Å². The highest BCUT2D eigenvalue weighted by molar-refractivity contribution is 5.66. The smallest absolute Gasteiger partial charge is 0.306 e. The van der Waals surface area contributed by atoms with Crippen LogP contribution >= 0.6 is 0 Å². The molecule has 0 aromatic carbocycles. The van der Waals surface area contributed by atoms with Gasteiger partial charge in [-0.25, -0.2) is 4.98 Å². The quantitative estimate of drug-likeness (QED) is 0.673. The standard InChI is InChI=1S/C13H8F3N3/c14-13(15,16)11-6-10(9-2-1-3-17-7-9)8-19-5-4-18-12(11)19/h1-8H. The van der Waals surface area contributed by atoms with E-state index >= 15 is 0 Å². The van der Waals surface area contributed by atoms with Gasteiger partial charge in [0.1, 0.15) is 5.65 Å². The molecule has 0 saturated carbocycles. The molecule has 3 aromatic heterocycles. The largest absolute Gasteiger partial charge is 0.420 e. The van der Waals surface area contributed by atoms with Gasteiger partial charge in [-0.3, -0.25) is 4.98 Å². The molecule has 0 aliphatic rings. The van der Waals surface area contributed by atoms with Crippen molar-refractivity contribution in [1.29, 1.82) is 0 Å². The fraction of sp³-hybridized carbons (Fsp3) is 0.0769. The third-order valence-electron chi connectivity index (χ3n) is 2.79. The highest BCUT2D eigenvalue weighted by atomic mass is 19.4. The van der Waals surface area contributed by atoms with Crippen molar-refractivity contribution < 1.29 is 13.2 Å². The first-order chi connectivity index (χ1) is 9.05. The summed E-state index contributed by atoms with van der Waals surface area (Å²) in [6.07, 6.45) is 3.10. The molecule has 3 aromatic rings. The van der Waals surface area contributed by atoms with Gasteiger partial charge in [0.15, 0.2) is 0 Å². The molecule has 0 saturated heterocycles. The van der Waals surface area contributed by atoms with E-state index in [0.717, 1.165) is 6.07 Å². The second-order valence-corrected chi connectivity index (χ2v) is 4.04. The van der Waals surface area contributed by atoms with Gasteiger partial charge in [-0.15, -0.1) is 0 Å². The molecular formula is C13H8F3N3. The summed E-state index contributed by atoms with van der Waals surface area (Å²) in [5, 5.41) is 0. The van der Waals surface area contributed by atoms with Crippen LogP contribution < -0.4 is 0 Å². The topological polar surface area (TPSA) is 30.2 Å². The van der Waals surface area contributed by atoms with Gasteiger partial charge >= 0.3 is 6.18 Å². The molecule has 3 rings (SSSR count). The second-order valence-electron chi connectivity index (χ2n) is 4.04. The second kappa shape index (κ2) is 4.08. The van der Waals surface area contributed by atoms with E-state index in [1.165, 1.54) is 23.0 Å². The minimum atomic E-state index is -4.44. The van der Waals surface area contributed by atoms with Crippen LogP contribution in [0.15, 0.2) is 49.2 Å². The molecule has 96 valence electrons. The van der Waals surface area contributed by atoms with Gasteiger partial charge in [0.05, 0.1) is 5.56 Å². The maximum Gasteiger partial charge on any atom is 0.420 e. The number of hydrogen-bond acceptors (Lipinski definition) is 2. The van der Waals surface area contributed by atoms with Crippen molar-refractivity contribution in [2.24, 2.45) is 0 Å². The molecule has 19 heavy (non-hydrogen) atoms. The Balaban J connectivity index is 2.28. The number of nitrogens with zero attached hydrogens (tertiary/aromatic N) is 3. The number of halogens is 3. The molecule has 0 radical (unpaired) electrons.